The van der Waals surface area contributed by atoms with E-state index >= 15 is 0 Å². The molecule has 1 aromatic rings. The molecule has 0 unspecified atom stereocenters. The smallest absolute Gasteiger partial charge is 0.171 e. The molecule has 2 N–H and O–H groups in total. The van der Waals surface area contributed by atoms with Crippen LogP contribution in [0.4, 0.5) is 0 Å². The molecule has 0 saturated heterocycles. The average molecular weight is 130 g/mol. The lowest BCUT2D eigenvalue weighted by atomic mass is 10.4. The summed E-state index contributed by atoms with van der Waals surface area (Å²) in [5.41, 5.74) is 0. The van der Waals surface area contributed by atoms with E-state index < -0.39 is 0 Å². The molecule has 0 aliphatic heterocycles. The number of rotatable bonds is 0. The van der Waals surface area contributed by atoms with Gasteiger partial charge >= 0.3 is 0 Å². The summed E-state index contributed by atoms with van der Waals surface area (Å²) in [6, 6.07) is 0. The topological polar surface area (TPSA) is 40.5 Å². The van der Waals surface area contributed by atoms with Gasteiger partial charge in [0.25, 0.3) is 0 Å². The Balaban J connectivity index is 3.19. The van der Waals surface area contributed by atoms with Gasteiger partial charge in [0.15, 0.2) is 11.5 Å². The minimum Gasteiger partial charge on any atom is -0.504 e. The van der Waals surface area contributed by atoms with Gasteiger partial charge in [-0.3, -0.25) is 0 Å². The van der Waals surface area contributed by atoms with E-state index in [0.717, 1.165) is 4.88 Å². The molecule has 0 aromatic carbocycles. The maximum Gasteiger partial charge on any atom is 0.171 e. The van der Waals surface area contributed by atoms with E-state index in [1.54, 1.807) is 6.92 Å². The van der Waals surface area contributed by atoms with Crippen LogP contribution in [0.25, 0.3) is 0 Å². The molecule has 2 nitrogen and oxygen atoms in total. The highest BCUT2D eigenvalue weighted by atomic mass is 32.1. The van der Waals surface area contributed by atoms with Crippen molar-refractivity contribution in [1.29, 1.82) is 0 Å². The molecule has 0 bridgehead atoms. The molecule has 0 aliphatic carbocycles. The highest BCUT2D eigenvalue weighted by Crippen LogP contribution is 2.33. The molecule has 1 rings (SSSR count). The first-order valence-electron chi connectivity index (χ1n) is 2.18. The van der Waals surface area contributed by atoms with Crippen molar-refractivity contribution in [2.45, 2.75) is 6.92 Å². The van der Waals surface area contributed by atoms with E-state index in [9.17, 15) is 0 Å². The molecule has 1 heterocycles. The van der Waals surface area contributed by atoms with Crippen LogP contribution < -0.4 is 0 Å². The fourth-order valence-corrected chi connectivity index (χ4v) is 1.05. The summed E-state index contributed by atoms with van der Waals surface area (Å²) < 4.78 is 0. The second kappa shape index (κ2) is 1.67. The van der Waals surface area contributed by atoms with E-state index in [2.05, 4.69) is 0 Å². The van der Waals surface area contributed by atoms with Gasteiger partial charge < -0.3 is 10.2 Å². The van der Waals surface area contributed by atoms with Gasteiger partial charge in [-0.2, -0.15) is 0 Å². The minimum atomic E-state index is -0.0208. The van der Waals surface area contributed by atoms with E-state index in [-0.39, 0.29) is 11.5 Å². The number of aromatic hydroxyl groups is 2. The predicted molar refractivity (Wildman–Crippen MR) is 32.4 cm³/mol. The zero-order valence-corrected chi connectivity index (χ0v) is 5.20. The third-order valence-electron chi connectivity index (χ3n) is 0.923. The summed E-state index contributed by atoms with van der Waals surface area (Å²) in [4.78, 5) is 0.752. The van der Waals surface area contributed by atoms with Gasteiger partial charge in [-0.1, -0.05) is 0 Å². The predicted octanol–water partition coefficient (Wildman–Crippen LogP) is 1.47. The maximum atomic E-state index is 8.81. The Hall–Kier alpha value is -0.700. The van der Waals surface area contributed by atoms with E-state index in [0.29, 0.717) is 0 Å². The first kappa shape index (κ1) is 5.44. The van der Waals surface area contributed by atoms with Gasteiger partial charge in [-0.15, -0.1) is 11.3 Å². The van der Waals surface area contributed by atoms with Crippen LogP contribution in [-0.2, 0) is 0 Å². The number of hydrogen-bond donors (Lipinski definition) is 2. The lowest BCUT2D eigenvalue weighted by molar-refractivity contribution is 0.405. The molecule has 1 aromatic heterocycles. The van der Waals surface area contributed by atoms with Crippen molar-refractivity contribution >= 4 is 11.3 Å². The van der Waals surface area contributed by atoms with Crippen molar-refractivity contribution in [3.63, 3.8) is 0 Å². The van der Waals surface area contributed by atoms with Crippen LogP contribution in [0.1, 0.15) is 4.88 Å². The SMILES string of the molecule is Cc1scc(O)c1O. The van der Waals surface area contributed by atoms with Crippen LogP contribution in [0.15, 0.2) is 5.38 Å². The normalized spacial score (nSPS) is 9.62. The molecular weight excluding hydrogens is 124 g/mol. The Kier molecular flexibility index (Phi) is 1.13. The molecule has 44 valence electrons. The van der Waals surface area contributed by atoms with Crippen LogP contribution >= 0.6 is 11.3 Å². The third kappa shape index (κ3) is 0.648. The molecule has 0 aliphatic rings. The van der Waals surface area contributed by atoms with Gasteiger partial charge in [0.2, 0.25) is 0 Å². The van der Waals surface area contributed by atoms with Crippen LogP contribution in [0.3, 0.4) is 0 Å². The number of thiophene rings is 1. The van der Waals surface area contributed by atoms with E-state index in [4.69, 9.17) is 10.2 Å². The summed E-state index contributed by atoms with van der Waals surface area (Å²) in [7, 11) is 0. The highest BCUT2D eigenvalue weighted by Gasteiger charge is 2.02. The monoisotopic (exact) mass is 130 g/mol. The maximum absolute atomic E-state index is 8.81. The Morgan fingerprint density at radius 3 is 2.25 bits per heavy atom. The highest BCUT2D eigenvalue weighted by molar-refractivity contribution is 7.10. The van der Waals surface area contributed by atoms with E-state index in [1.807, 2.05) is 0 Å². The van der Waals surface area contributed by atoms with Gasteiger partial charge in [0.05, 0.1) is 0 Å². The molecule has 0 spiro atoms. The Morgan fingerprint density at radius 1 is 1.50 bits per heavy atom. The quantitative estimate of drug-likeness (QED) is 0.558. The fourth-order valence-electron chi connectivity index (χ4n) is 0.436. The molecule has 8 heavy (non-hydrogen) atoms. The Morgan fingerprint density at radius 2 is 2.12 bits per heavy atom. The Bertz CT molecular complexity index is 173. The lowest BCUT2D eigenvalue weighted by Gasteiger charge is -1.84. The summed E-state index contributed by atoms with van der Waals surface area (Å²) in [5, 5.41) is 19.0. The molecular formula is C5H6O2S. The molecule has 0 amide bonds. The first-order chi connectivity index (χ1) is 3.72. The van der Waals surface area contributed by atoms with Crippen LogP contribution in [-0.4, -0.2) is 10.2 Å². The lowest BCUT2D eigenvalue weighted by Crippen LogP contribution is -1.58. The van der Waals surface area contributed by atoms with Gasteiger partial charge in [0, 0.05) is 10.3 Å². The van der Waals surface area contributed by atoms with Crippen molar-refractivity contribution in [2.24, 2.45) is 0 Å². The molecule has 0 radical (unpaired) electrons. The Labute approximate surface area is 51.0 Å². The average Bonchev–Trinajstić information content (AvgIpc) is 1.98. The van der Waals surface area contributed by atoms with Crippen molar-refractivity contribution in [1.82, 2.24) is 0 Å². The summed E-state index contributed by atoms with van der Waals surface area (Å²) in [6.45, 7) is 1.75. The van der Waals surface area contributed by atoms with Crippen LogP contribution in [0.2, 0.25) is 0 Å². The second-order valence-corrected chi connectivity index (χ2v) is 2.61. The molecule has 3 heteroatoms. The van der Waals surface area contributed by atoms with Crippen molar-refractivity contribution in [2.75, 3.05) is 0 Å². The second-order valence-electron chi connectivity index (χ2n) is 1.53. The van der Waals surface area contributed by atoms with Gasteiger partial charge in [-0.25, -0.2) is 0 Å². The van der Waals surface area contributed by atoms with Gasteiger partial charge in [0.1, 0.15) is 0 Å². The zero-order chi connectivity index (χ0) is 6.15. The molecule has 0 atom stereocenters. The van der Waals surface area contributed by atoms with E-state index in [1.165, 1.54) is 16.7 Å². The van der Waals surface area contributed by atoms with Gasteiger partial charge in [-0.05, 0) is 6.92 Å². The fraction of sp³-hybridized carbons (Fsp3) is 0.200. The van der Waals surface area contributed by atoms with Crippen molar-refractivity contribution < 1.29 is 10.2 Å². The molecule has 0 saturated carbocycles. The summed E-state index contributed by atoms with van der Waals surface area (Å²) in [6.07, 6.45) is 0. The minimum absolute atomic E-state index is 0.00926. The van der Waals surface area contributed by atoms with Crippen molar-refractivity contribution in [3.8, 4) is 11.5 Å². The number of aryl methyl sites for hydroxylation is 1. The van der Waals surface area contributed by atoms with Crippen LogP contribution in [0, 0.1) is 6.92 Å². The zero-order valence-electron chi connectivity index (χ0n) is 4.38. The first-order valence-corrected chi connectivity index (χ1v) is 3.06. The standard InChI is InChI=1S/C5H6O2S/c1-3-5(7)4(6)2-8-3/h2,6-7H,1H3. The summed E-state index contributed by atoms with van der Waals surface area (Å²) in [5.74, 6) is -0.0116. The largest absolute Gasteiger partial charge is 0.504 e. The summed E-state index contributed by atoms with van der Waals surface area (Å²) >= 11 is 1.33. The van der Waals surface area contributed by atoms with Crippen LogP contribution in [0.5, 0.6) is 11.5 Å². The van der Waals surface area contributed by atoms with Crippen molar-refractivity contribution in [3.05, 3.63) is 10.3 Å². The number of hydrogen-bond acceptors (Lipinski definition) is 3. The third-order valence-corrected chi connectivity index (χ3v) is 1.81. The molecule has 0 fully saturated rings.